The van der Waals surface area contributed by atoms with E-state index in [1.54, 1.807) is 19.2 Å². The molecule has 4 atom stereocenters. The SMILES string of the molecule is CCOC1CC2C(c3cccc(F)c3)CCCC2(OC)O1. The average molecular weight is 294 g/mol. The molecule has 0 amide bonds. The van der Waals surface area contributed by atoms with Gasteiger partial charge in [0.05, 0.1) is 0 Å². The lowest BCUT2D eigenvalue weighted by atomic mass is 9.71. The minimum absolute atomic E-state index is 0.179. The molecule has 3 rings (SSSR count). The van der Waals surface area contributed by atoms with Gasteiger partial charge in [-0.15, -0.1) is 0 Å². The van der Waals surface area contributed by atoms with Gasteiger partial charge >= 0.3 is 0 Å². The first-order valence-corrected chi connectivity index (χ1v) is 7.78. The first-order chi connectivity index (χ1) is 10.2. The Bertz CT molecular complexity index is 493. The molecule has 0 aromatic heterocycles. The maximum Gasteiger partial charge on any atom is 0.174 e. The van der Waals surface area contributed by atoms with E-state index in [9.17, 15) is 4.39 Å². The van der Waals surface area contributed by atoms with Crippen LogP contribution in [0.15, 0.2) is 24.3 Å². The summed E-state index contributed by atoms with van der Waals surface area (Å²) in [5, 5.41) is 0. The van der Waals surface area contributed by atoms with Gasteiger partial charge in [-0.2, -0.15) is 0 Å². The molecule has 2 fully saturated rings. The highest BCUT2D eigenvalue weighted by Crippen LogP contribution is 2.53. The van der Waals surface area contributed by atoms with Crippen LogP contribution in [0.4, 0.5) is 4.39 Å². The van der Waals surface area contributed by atoms with Crippen LogP contribution < -0.4 is 0 Å². The van der Waals surface area contributed by atoms with E-state index < -0.39 is 5.79 Å². The number of methoxy groups -OCH3 is 1. The number of rotatable bonds is 4. The zero-order chi connectivity index (χ0) is 14.9. The fraction of sp³-hybridized carbons (Fsp3) is 0.647. The molecular weight excluding hydrogens is 271 g/mol. The fourth-order valence-corrected chi connectivity index (χ4v) is 3.96. The number of hydrogen-bond donors (Lipinski definition) is 0. The Kier molecular flexibility index (Phi) is 4.29. The topological polar surface area (TPSA) is 27.7 Å². The van der Waals surface area contributed by atoms with Crippen LogP contribution in [0.2, 0.25) is 0 Å². The van der Waals surface area contributed by atoms with Crippen molar-refractivity contribution < 1.29 is 18.6 Å². The summed E-state index contributed by atoms with van der Waals surface area (Å²) in [4.78, 5) is 0. The molecule has 116 valence electrons. The second-order valence-corrected chi connectivity index (χ2v) is 5.91. The molecule has 0 radical (unpaired) electrons. The van der Waals surface area contributed by atoms with Gasteiger partial charge in [-0.25, -0.2) is 4.39 Å². The maximum atomic E-state index is 13.6. The molecule has 1 aromatic rings. The lowest BCUT2D eigenvalue weighted by Crippen LogP contribution is -2.43. The Labute approximate surface area is 125 Å². The standard InChI is InChI=1S/C17H23FO3/c1-3-20-16-11-15-14(12-6-4-7-13(18)10-12)8-5-9-17(15,19-2)21-16/h4,6-7,10,14-16H,3,5,8-9,11H2,1-2H3. The maximum absolute atomic E-state index is 13.6. The van der Waals surface area contributed by atoms with E-state index in [2.05, 4.69) is 0 Å². The van der Waals surface area contributed by atoms with E-state index in [1.165, 1.54) is 6.07 Å². The Morgan fingerprint density at radius 1 is 1.43 bits per heavy atom. The average Bonchev–Trinajstić information content (AvgIpc) is 2.86. The molecule has 1 aromatic carbocycles. The van der Waals surface area contributed by atoms with Crippen molar-refractivity contribution in [2.75, 3.05) is 13.7 Å². The van der Waals surface area contributed by atoms with Gasteiger partial charge in [0.2, 0.25) is 0 Å². The van der Waals surface area contributed by atoms with E-state index >= 15 is 0 Å². The van der Waals surface area contributed by atoms with Crippen molar-refractivity contribution in [3.8, 4) is 0 Å². The summed E-state index contributed by atoms with van der Waals surface area (Å²) in [6, 6.07) is 6.92. The van der Waals surface area contributed by atoms with Crippen molar-refractivity contribution in [2.45, 2.75) is 50.6 Å². The summed E-state index contributed by atoms with van der Waals surface area (Å²) in [5.74, 6) is -0.273. The zero-order valence-electron chi connectivity index (χ0n) is 12.7. The molecule has 4 heteroatoms. The number of hydrogen-bond acceptors (Lipinski definition) is 3. The van der Waals surface area contributed by atoms with Gasteiger partial charge < -0.3 is 14.2 Å². The van der Waals surface area contributed by atoms with E-state index in [1.807, 2.05) is 13.0 Å². The first-order valence-electron chi connectivity index (χ1n) is 7.78. The van der Waals surface area contributed by atoms with Crippen LogP contribution >= 0.6 is 0 Å². The largest absolute Gasteiger partial charge is 0.353 e. The molecule has 1 aliphatic carbocycles. The van der Waals surface area contributed by atoms with Crippen LogP contribution in [0.3, 0.4) is 0 Å². The Morgan fingerprint density at radius 2 is 2.29 bits per heavy atom. The molecule has 4 unspecified atom stereocenters. The van der Waals surface area contributed by atoms with E-state index in [-0.39, 0.29) is 23.9 Å². The number of ether oxygens (including phenoxy) is 3. The number of benzene rings is 1. The third-order valence-electron chi connectivity index (χ3n) is 4.84. The monoisotopic (exact) mass is 294 g/mol. The summed E-state index contributed by atoms with van der Waals surface area (Å²) in [6.45, 7) is 2.59. The van der Waals surface area contributed by atoms with E-state index in [4.69, 9.17) is 14.2 Å². The van der Waals surface area contributed by atoms with Crippen LogP contribution in [0.5, 0.6) is 0 Å². The molecular formula is C17H23FO3. The normalized spacial score (nSPS) is 35.7. The minimum Gasteiger partial charge on any atom is -0.353 e. The van der Waals surface area contributed by atoms with Gasteiger partial charge in [0.1, 0.15) is 5.82 Å². The second-order valence-electron chi connectivity index (χ2n) is 5.91. The summed E-state index contributed by atoms with van der Waals surface area (Å²) in [7, 11) is 1.70. The second kappa shape index (κ2) is 6.03. The van der Waals surface area contributed by atoms with Crippen molar-refractivity contribution in [1.82, 2.24) is 0 Å². The molecule has 1 aliphatic heterocycles. The van der Waals surface area contributed by atoms with Gasteiger partial charge in [-0.3, -0.25) is 0 Å². The lowest BCUT2D eigenvalue weighted by molar-refractivity contribution is -0.282. The van der Waals surface area contributed by atoms with Crippen molar-refractivity contribution in [3.63, 3.8) is 0 Å². The number of fused-ring (bicyclic) bond motifs is 1. The molecule has 1 saturated heterocycles. The summed E-state index contributed by atoms with van der Waals surface area (Å²) < 4.78 is 31.1. The predicted molar refractivity (Wildman–Crippen MR) is 77.3 cm³/mol. The van der Waals surface area contributed by atoms with Crippen LogP contribution in [-0.4, -0.2) is 25.8 Å². The zero-order valence-corrected chi connectivity index (χ0v) is 12.7. The van der Waals surface area contributed by atoms with Gasteiger partial charge in [0, 0.05) is 32.5 Å². The number of halogens is 1. The van der Waals surface area contributed by atoms with Gasteiger partial charge in [-0.05, 0) is 43.4 Å². The third kappa shape index (κ3) is 2.72. The highest BCUT2D eigenvalue weighted by Gasteiger charge is 2.54. The van der Waals surface area contributed by atoms with Gasteiger partial charge in [0.25, 0.3) is 0 Å². The van der Waals surface area contributed by atoms with Crippen LogP contribution in [0, 0.1) is 11.7 Å². The van der Waals surface area contributed by atoms with E-state index in [0.29, 0.717) is 6.61 Å². The molecule has 0 spiro atoms. The molecule has 0 N–H and O–H groups in total. The fourth-order valence-electron chi connectivity index (χ4n) is 3.96. The summed E-state index contributed by atoms with van der Waals surface area (Å²) >= 11 is 0. The van der Waals surface area contributed by atoms with Gasteiger partial charge in [0.15, 0.2) is 12.1 Å². The summed E-state index contributed by atoms with van der Waals surface area (Å²) in [6.07, 6.45) is 3.53. The smallest absolute Gasteiger partial charge is 0.174 e. The molecule has 1 saturated carbocycles. The first kappa shape index (κ1) is 14.9. The molecule has 3 nitrogen and oxygen atoms in total. The Hall–Kier alpha value is -0.970. The van der Waals surface area contributed by atoms with Crippen molar-refractivity contribution >= 4 is 0 Å². The highest BCUT2D eigenvalue weighted by molar-refractivity contribution is 5.23. The molecule has 0 bridgehead atoms. The van der Waals surface area contributed by atoms with Crippen molar-refractivity contribution in [3.05, 3.63) is 35.6 Å². The third-order valence-corrected chi connectivity index (χ3v) is 4.84. The van der Waals surface area contributed by atoms with Crippen LogP contribution in [0.1, 0.15) is 44.1 Å². The lowest BCUT2D eigenvalue weighted by Gasteiger charge is -2.41. The van der Waals surface area contributed by atoms with Crippen molar-refractivity contribution in [2.24, 2.45) is 5.92 Å². The minimum atomic E-state index is -0.574. The van der Waals surface area contributed by atoms with Gasteiger partial charge in [-0.1, -0.05) is 12.1 Å². The summed E-state index contributed by atoms with van der Waals surface area (Å²) in [5.41, 5.74) is 1.04. The Balaban J connectivity index is 1.88. The molecule has 21 heavy (non-hydrogen) atoms. The quantitative estimate of drug-likeness (QED) is 0.844. The van der Waals surface area contributed by atoms with Crippen LogP contribution in [0.25, 0.3) is 0 Å². The Morgan fingerprint density at radius 3 is 3.00 bits per heavy atom. The molecule has 1 heterocycles. The highest BCUT2D eigenvalue weighted by atomic mass is 19.1. The predicted octanol–water partition coefficient (Wildman–Crippen LogP) is 3.84. The molecule has 2 aliphatic rings. The van der Waals surface area contributed by atoms with Crippen LogP contribution in [-0.2, 0) is 14.2 Å². The van der Waals surface area contributed by atoms with E-state index in [0.717, 1.165) is 31.2 Å². The van der Waals surface area contributed by atoms with Crippen molar-refractivity contribution in [1.29, 1.82) is 0 Å².